The molecule has 17 heavy (non-hydrogen) atoms. The lowest BCUT2D eigenvalue weighted by Crippen LogP contribution is -1.88. The Morgan fingerprint density at radius 3 is 2.76 bits per heavy atom. The standard InChI is InChI=1S/C13H8BrN3/c14-13-7-12(16-8-17-13)10-3-1-5-11-9(10)4-2-6-15-11/h1-8H. The molecule has 0 saturated carbocycles. The maximum Gasteiger partial charge on any atom is 0.117 e. The Morgan fingerprint density at radius 1 is 0.941 bits per heavy atom. The lowest BCUT2D eigenvalue weighted by molar-refractivity contribution is 1.14. The molecule has 0 amide bonds. The largest absolute Gasteiger partial charge is 0.256 e. The van der Waals surface area contributed by atoms with Crippen LogP contribution in [0.2, 0.25) is 0 Å². The van der Waals surface area contributed by atoms with Crippen molar-refractivity contribution in [1.29, 1.82) is 0 Å². The number of fused-ring (bicyclic) bond motifs is 1. The quantitative estimate of drug-likeness (QED) is 0.643. The molecule has 0 radical (unpaired) electrons. The molecular formula is C13H8BrN3. The van der Waals surface area contributed by atoms with Crippen LogP contribution in [0.5, 0.6) is 0 Å². The fourth-order valence-corrected chi connectivity index (χ4v) is 2.12. The van der Waals surface area contributed by atoms with Gasteiger partial charge in [-0.2, -0.15) is 0 Å². The monoisotopic (exact) mass is 285 g/mol. The van der Waals surface area contributed by atoms with E-state index >= 15 is 0 Å². The molecule has 1 aromatic carbocycles. The molecule has 3 rings (SSSR count). The maximum atomic E-state index is 4.33. The van der Waals surface area contributed by atoms with E-state index in [1.807, 2.05) is 36.4 Å². The Balaban J connectivity index is 2.30. The molecule has 2 aromatic heterocycles. The van der Waals surface area contributed by atoms with Crippen LogP contribution >= 0.6 is 15.9 Å². The van der Waals surface area contributed by atoms with Crippen LogP contribution in [0.3, 0.4) is 0 Å². The topological polar surface area (TPSA) is 38.7 Å². The second kappa shape index (κ2) is 4.22. The third-order valence-corrected chi connectivity index (χ3v) is 2.99. The van der Waals surface area contributed by atoms with Gasteiger partial charge in [-0.05, 0) is 34.1 Å². The molecule has 4 heteroatoms. The summed E-state index contributed by atoms with van der Waals surface area (Å²) < 4.78 is 0.781. The zero-order valence-corrected chi connectivity index (χ0v) is 10.4. The highest BCUT2D eigenvalue weighted by Crippen LogP contribution is 2.26. The summed E-state index contributed by atoms with van der Waals surface area (Å²) in [5, 5.41) is 1.10. The highest BCUT2D eigenvalue weighted by Gasteiger charge is 2.05. The van der Waals surface area contributed by atoms with E-state index in [0.29, 0.717) is 0 Å². The van der Waals surface area contributed by atoms with E-state index in [1.165, 1.54) is 0 Å². The zero-order chi connectivity index (χ0) is 11.7. The lowest BCUT2D eigenvalue weighted by Gasteiger charge is -2.05. The second-order valence-electron chi connectivity index (χ2n) is 3.60. The number of nitrogens with zero attached hydrogens (tertiary/aromatic N) is 3. The summed E-state index contributed by atoms with van der Waals surface area (Å²) in [6.07, 6.45) is 3.34. The van der Waals surface area contributed by atoms with Gasteiger partial charge in [0.15, 0.2) is 0 Å². The molecule has 0 atom stereocenters. The molecule has 0 unspecified atom stereocenters. The third kappa shape index (κ3) is 1.91. The van der Waals surface area contributed by atoms with Crippen molar-refractivity contribution in [2.24, 2.45) is 0 Å². The Hall–Kier alpha value is -1.81. The number of hydrogen-bond acceptors (Lipinski definition) is 3. The van der Waals surface area contributed by atoms with Crippen LogP contribution < -0.4 is 0 Å². The van der Waals surface area contributed by atoms with Crippen molar-refractivity contribution in [2.45, 2.75) is 0 Å². The number of hydrogen-bond donors (Lipinski definition) is 0. The minimum absolute atomic E-state index is 0.781. The summed E-state index contributed by atoms with van der Waals surface area (Å²) in [5.41, 5.74) is 2.93. The molecule has 0 spiro atoms. The van der Waals surface area contributed by atoms with Crippen molar-refractivity contribution < 1.29 is 0 Å². The summed E-state index contributed by atoms with van der Waals surface area (Å²) in [6.45, 7) is 0. The second-order valence-corrected chi connectivity index (χ2v) is 4.41. The predicted octanol–water partition coefficient (Wildman–Crippen LogP) is 3.45. The number of aromatic nitrogens is 3. The molecule has 0 aliphatic carbocycles. The van der Waals surface area contributed by atoms with Gasteiger partial charge >= 0.3 is 0 Å². The van der Waals surface area contributed by atoms with E-state index in [0.717, 1.165) is 26.8 Å². The van der Waals surface area contributed by atoms with Crippen molar-refractivity contribution in [3.63, 3.8) is 0 Å². The van der Waals surface area contributed by atoms with Crippen molar-refractivity contribution in [2.75, 3.05) is 0 Å². The normalized spacial score (nSPS) is 10.6. The highest BCUT2D eigenvalue weighted by molar-refractivity contribution is 9.10. The van der Waals surface area contributed by atoms with Gasteiger partial charge in [0.25, 0.3) is 0 Å². The Labute approximate surface area is 107 Å². The summed E-state index contributed by atoms with van der Waals surface area (Å²) in [7, 11) is 0. The van der Waals surface area contributed by atoms with Crippen molar-refractivity contribution in [3.8, 4) is 11.3 Å². The smallest absolute Gasteiger partial charge is 0.117 e. The number of rotatable bonds is 1. The minimum Gasteiger partial charge on any atom is -0.256 e. The molecule has 3 aromatic rings. The van der Waals surface area contributed by atoms with E-state index in [2.05, 4.69) is 30.9 Å². The Bertz CT molecular complexity index is 677. The van der Waals surface area contributed by atoms with E-state index < -0.39 is 0 Å². The van der Waals surface area contributed by atoms with Crippen LogP contribution in [0, 0.1) is 0 Å². The molecule has 82 valence electrons. The average Bonchev–Trinajstić information content (AvgIpc) is 2.38. The van der Waals surface area contributed by atoms with Gasteiger partial charge in [-0.3, -0.25) is 4.98 Å². The average molecular weight is 286 g/mol. The van der Waals surface area contributed by atoms with Crippen LogP contribution in [-0.2, 0) is 0 Å². The first-order chi connectivity index (χ1) is 8.34. The van der Waals surface area contributed by atoms with Gasteiger partial charge in [-0.1, -0.05) is 18.2 Å². The van der Waals surface area contributed by atoms with Crippen LogP contribution in [-0.4, -0.2) is 15.0 Å². The number of benzene rings is 1. The molecule has 0 bridgehead atoms. The van der Waals surface area contributed by atoms with Gasteiger partial charge in [-0.25, -0.2) is 9.97 Å². The first kappa shape index (κ1) is 10.4. The fourth-order valence-electron chi connectivity index (χ4n) is 1.81. The molecular weight excluding hydrogens is 278 g/mol. The summed E-state index contributed by atoms with van der Waals surface area (Å²) >= 11 is 3.36. The van der Waals surface area contributed by atoms with Crippen molar-refractivity contribution in [3.05, 3.63) is 53.5 Å². The van der Waals surface area contributed by atoms with Crippen LogP contribution in [0.25, 0.3) is 22.2 Å². The van der Waals surface area contributed by atoms with Gasteiger partial charge in [0.05, 0.1) is 11.2 Å². The minimum atomic E-state index is 0.781. The maximum absolute atomic E-state index is 4.33. The summed E-state index contributed by atoms with van der Waals surface area (Å²) in [4.78, 5) is 12.7. The first-order valence-electron chi connectivity index (χ1n) is 5.16. The van der Waals surface area contributed by atoms with Crippen molar-refractivity contribution >= 4 is 26.8 Å². The molecule has 0 aliphatic rings. The third-order valence-electron chi connectivity index (χ3n) is 2.56. The first-order valence-corrected chi connectivity index (χ1v) is 5.95. The number of halogens is 1. The van der Waals surface area contributed by atoms with Gasteiger partial charge in [-0.15, -0.1) is 0 Å². The Morgan fingerprint density at radius 2 is 1.88 bits per heavy atom. The van der Waals surface area contributed by atoms with Crippen LogP contribution in [0.1, 0.15) is 0 Å². The summed E-state index contributed by atoms with van der Waals surface area (Å²) in [6, 6.07) is 11.9. The van der Waals surface area contributed by atoms with Gasteiger partial charge < -0.3 is 0 Å². The lowest BCUT2D eigenvalue weighted by atomic mass is 10.1. The molecule has 0 saturated heterocycles. The highest BCUT2D eigenvalue weighted by atomic mass is 79.9. The van der Waals surface area contributed by atoms with Crippen molar-refractivity contribution in [1.82, 2.24) is 15.0 Å². The predicted molar refractivity (Wildman–Crippen MR) is 70.5 cm³/mol. The molecule has 2 heterocycles. The fraction of sp³-hybridized carbons (Fsp3) is 0. The van der Waals surface area contributed by atoms with Gasteiger partial charge in [0, 0.05) is 17.1 Å². The van der Waals surface area contributed by atoms with E-state index in [4.69, 9.17) is 0 Å². The summed E-state index contributed by atoms with van der Waals surface area (Å²) in [5.74, 6) is 0. The Kier molecular flexibility index (Phi) is 2.57. The van der Waals surface area contributed by atoms with Crippen LogP contribution in [0.4, 0.5) is 0 Å². The molecule has 3 nitrogen and oxygen atoms in total. The van der Waals surface area contributed by atoms with Gasteiger partial charge in [0.1, 0.15) is 10.9 Å². The molecule has 0 N–H and O–H groups in total. The van der Waals surface area contributed by atoms with E-state index in [1.54, 1.807) is 12.5 Å². The van der Waals surface area contributed by atoms with Crippen LogP contribution in [0.15, 0.2) is 53.5 Å². The molecule has 0 fully saturated rings. The molecule has 0 aliphatic heterocycles. The van der Waals surface area contributed by atoms with E-state index in [-0.39, 0.29) is 0 Å². The van der Waals surface area contributed by atoms with E-state index in [9.17, 15) is 0 Å². The SMILES string of the molecule is Brc1cc(-c2cccc3ncccc23)ncn1. The number of pyridine rings is 1. The van der Waals surface area contributed by atoms with Gasteiger partial charge in [0.2, 0.25) is 0 Å². The zero-order valence-electron chi connectivity index (χ0n) is 8.84.